The molecule has 0 aliphatic carbocycles. The second-order valence-electron chi connectivity index (χ2n) is 6.57. The Balaban J connectivity index is 3.79. The zero-order valence-electron chi connectivity index (χ0n) is 15.1. The number of amides is 1. The molecule has 132 valence electrons. The average Bonchev–Trinajstić information content (AvgIpc) is 2.52. The van der Waals surface area contributed by atoms with Crippen molar-refractivity contribution in [2.75, 3.05) is 6.54 Å². The molecule has 0 aromatic heterocycles. The van der Waals surface area contributed by atoms with Gasteiger partial charge in [-0.15, -0.1) is 0 Å². The zero-order chi connectivity index (χ0) is 16.8. The minimum Gasteiger partial charge on any atom is -0.352 e. The molecule has 0 aromatic carbocycles. The zero-order valence-corrected chi connectivity index (χ0v) is 15.1. The van der Waals surface area contributed by atoms with Crippen molar-refractivity contribution in [3.63, 3.8) is 0 Å². The van der Waals surface area contributed by atoms with E-state index < -0.39 is 0 Å². The fraction of sp³-hybridized carbons (Fsp3) is 0.944. The lowest BCUT2D eigenvalue weighted by atomic mass is 9.96. The van der Waals surface area contributed by atoms with Gasteiger partial charge in [-0.3, -0.25) is 4.79 Å². The molecule has 0 saturated carbocycles. The van der Waals surface area contributed by atoms with Gasteiger partial charge in [-0.25, -0.2) is 0 Å². The van der Waals surface area contributed by atoms with Crippen LogP contribution in [0.3, 0.4) is 0 Å². The Morgan fingerprint density at radius 1 is 1.00 bits per heavy atom. The van der Waals surface area contributed by atoms with Crippen LogP contribution in [0.4, 0.5) is 0 Å². The van der Waals surface area contributed by atoms with E-state index >= 15 is 0 Å². The van der Waals surface area contributed by atoms with E-state index in [2.05, 4.69) is 19.2 Å². The van der Waals surface area contributed by atoms with Crippen molar-refractivity contribution in [1.29, 1.82) is 0 Å². The Morgan fingerprint density at radius 2 is 1.55 bits per heavy atom. The highest BCUT2D eigenvalue weighted by molar-refractivity contribution is 5.78. The van der Waals surface area contributed by atoms with E-state index in [1.165, 1.54) is 44.9 Å². The molecule has 3 atom stereocenters. The topological polar surface area (TPSA) is 81.1 Å². The number of rotatable bonds is 14. The van der Waals surface area contributed by atoms with Gasteiger partial charge in [-0.05, 0) is 19.8 Å². The highest BCUT2D eigenvalue weighted by Gasteiger charge is 2.20. The van der Waals surface area contributed by atoms with E-state index in [0.29, 0.717) is 6.54 Å². The smallest absolute Gasteiger partial charge is 0.223 e. The van der Waals surface area contributed by atoms with Gasteiger partial charge in [0, 0.05) is 24.5 Å². The predicted molar refractivity (Wildman–Crippen MR) is 95.6 cm³/mol. The summed E-state index contributed by atoms with van der Waals surface area (Å²) >= 11 is 0. The summed E-state index contributed by atoms with van der Waals surface area (Å²) in [6.07, 6.45) is 12.3. The number of carbonyl (C=O) groups excluding carboxylic acids is 1. The Kier molecular flexibility index (Phi) is 13.6. The van der Waals surface area contributed by atoms with E-state index in [1.807, 2.05) is 6.92 Å². The maximum absolute atomic E-state index is 12.2. The molecule has 0 aromatic rings. The molecule has 0 bridgehead atoms. The molecule has 4 nitrogen and oxygen atoms in total. The first-order valence-electron chi connectivity index (χ1n) is 9.32. The molecule has 0 saturated heterocycles. The minimum absolute atomic E-state index is 0.0508. The van der Waals surface area contributed by atoms with Crippen LogP contribution in [0.2, 0.25) is 0 Å². The Morgan fingerprint density at radius 3 is 2.05 bits per heavy atom. The number of carbonyl (C=O) groups is 1. The first kappa shape index (κ1) is 21.4. The number of nitrogens with two attached hydrogens (primary N) is 2. The van der Waals surface area contributed by atoms with Crippen molar-refractivity contribution in [3.8, 4) is 0 Å². The first-order valence-corrected chi connectivity index (χ1v) is 9.32. The summed E-state index contributed by atoms with van der Waals surface area (Å²) in [6, 6.07) is -0.213. The predicted octanol–water partition coefficient (Wildman–Crippen LogP) is 3.33. The lowest BCUT2D eigenvalue weighted by molar-refractivity contribution is -0.126. The quantitative estimate of drug-likeness (QED) is 0.430. The second-order valence-corrected chi connectivity index (χ2v) is 6.57. The van der Waals surface area contributed by atoms with Gasteiger partial charge in [-0.2, -0.15) is 0 Å². The second kappa shape index (κ2) is 14.0. The van der Waals surface area contributed by atoms with Crippen LogP contribution in [-0.2, 0) is 4.79 Å². The van der Waals surface area contributed by atoms with Crippen molar-refractivity contribution in [3.05, 3.63) is 0 Å². The maximum Gasteiger partial charge on any atom is 0.223 e. The normalized spacial score (nSPS) is 15.3. The lowest BCUT2D eigenvalue weighted by Gasteiger charge is -2.23. The molecule has 0 aliphatic rings. The monoisotopic (exact) mass is 313 g/mol. The standard InChI is InChI=1S/C18H39N3O/c1-4-6-7-8-9-10-11-12-13-16(5-2)18(22)21-15(3)17(20)14-19/h15-17H,4-14,19-20H2,1-3H3,(H,21,22). The van der Waals surface area contributed by atoms with Gasteiger partial charge >= 0.3 is 0 Å². The summed E-state index contributed by atoms with van der Waals surface area (Å²) in [5, 5.41) is 3.01. The minimum atomic E-state index is -0.162. The van der Waals surface area contributed by atoms with Crippen LogP contribution in [0.25, 0.3) is 0 Å². The molecule has 0 heterocycles. The summed E-state index contributed by atoms with van der Waals surface area (Å²) in [4.78, 5) is 12.2. The van der Waals surface area contributed by atoms with Gasteiger partial charge in [-0.1, -0.05) is 65.2 Å². The van der Waals surface area contributed by atoms with Gasteiger partial charge in [0.05, 0.1) is 0 Å². The SMILES string of the molecule is CCCCCCCCCCC(CC)C(=O)NC(C)C(N)CN. The third-order valence-corrected chi connectivity index (χ3v) is 4.55. The van der Waals surface area contributed by atoms with E-state index in [0.717, 1.165) is 19.3 Å². The Labute approximate surface area is 137 Å². The van der Waals surface area contributed by atoms with Gasteiger partial charge in [0.2, 0.25) is 5.91 Å². The molecule has 1 amide bonds. The summed E-state index contributed by atoms with van der Waals surface area (Å²) in [6.45, 7) is 6.66. The third kappa shape index (κ3) is 10.2. The largest absolute Gasteiger partial charge is 0.352 e. The van der Waals surface area contributed by atoms with E-state index in [9.17, 15) is 4.79 Å². The molecular weight excluding hydrogens is 274 g/mol. The van der Waals surface area contributed by atoms with E-state index in [4.69, 9.17) is 11.5 Å². The van der Waals surface area contributed by atoms with E-state index in [1.54, 1.807) is 0 Å². The highest BCUT2D eigenvalue weighted by Crippen LogP contribution is 2.16. The average molecular weight is 314 g/mol. The van der Waals surface area contributed by atoms with Crippen molar-refractivity contribution in [2.45, 2.75) is 97.1 Å². The van der Waals surface area contributed by atoms with Crippen molar-refractivity contribution >= 4 is 5.91 Å². The van der Waals surface area contributed by atoms with Crippen LogP contribution in [0.15, 0.2) is 0 Å². The Bertz CT molecular complexity index is 271. The van der Waals surface area contributed by atoms with Crippen LogP contribution >= 0.6 is 0 Å². The first-order chi connectivity index (χ1) is 10.6. The third-order valence-electron chi connectivity index (χ3n) is 4.55. The van der Waals surface area contributed by atoms with Crippen molar-refractivity contribution in [1.82, 2.24) is 5.32 Å². The summed E-state index contributed by atoms with van der Waals surface area (Å²) < 4.78 is 0. The lowest BCUT2D eigenvalue weighted by Crippen LogP contribution is -2.50. The maximum atomic E-state index is 12.2. The molecule has 0 spiro atoms. The van der Waals surface area contributed by atoms with Crippen LogP contribution in [0.1, 0.15) is 85.0 Å². The van der Waals surface area contributed by atoms with Crippen LogP contribution in [0, 0.1) is 5.92 Å². The van der Waals surface area contributed by atoms with Crippen molar-refractivity contribution in [2.24, 2.45) is 17.4 Å². The van der Waals surface area contributed by atoms with Crippen molar-refractivity contribution < 1.29 is 4.79 Å². The molecule has 0 radical (unpaired) electrons. The van der Waals surface area contributed by atoms with Gasteiger partial charge in [0.25, 0.3) is 0 Å². The summed E-state index contributed by atoms with van der Waals surface area (Å²) in [5.74, 6) is 0.259. The molecular formula is C18H39N3O. The van der Waals surface area contributed by atoms with Gasteiger partial charge < -0.3 is 16.8 Å². The highest BCUT2D eigenvalue weighted by atomic mass is 16.1. The molecule has 0 rings (SSSR count). The molecule has 22 heavy (non-hydrogen) atoms. The van der Waals surface area contributed by atoms with Gasteiger partial charge in [0.15, 0.2) is 0 Å². The molecule has 5 N–H and O–H groups in total. The number of unbranched alkanes of at least 4 members (excludes halogenated alkanes) is 7. The van der Waals surface area contributed by atoms with Gasteiger partial charge in [0.1, 0.15) is 0 Å². The summed E-state index contributed by atoms with van der Waals surface area (Å²) in [7, 11) is 0. The Hall–Kier alpha value is -0.610. The summed E-state index contributed by atoms with van der Waals surface area (Å²) in [5.41, 5.74) is 11.4. The fourth-order valence-electron chi connectivity index (χ4n) is 2.70. The van der Waals surface area contributed by atoms with Crippen LogP contribution in [0.5, 0.6) is 0 Å². The molecule has 4 heteroatoms. The van der Waals surface area contributed by atoms with Crippen LogP contribution in [-0.4, -0.2) is 24.5 Å². The van der Waals surface area contributed by atoms with Crippen LogP contribution < -0.4 is 16.8 Å². The number of hydrogen-bond donors (Lipinski definition) is 3. The number of nitrogens with one attached hydrogen (secondary N) is 1. The molecule has 3 unspecified atom stereocenters. The fourth-order valence-corrected chi connectivity index (χ4v) is 2.70. The molecule has 0 aliphatic heterocycles. The molecule has 0 fully saturated rings. The van der Waals surface area contributed by atoms with E-state index in [-0.39, 0.29) is 23.9 Å². The number of hydrogen-bond acceptors (Lipinski definition) is 3.